The van der Waals surface area contributed by atoms with Crippen molar-refractivity contribution in [3.8, 4) is 5.75 Å². The Labute approximate surface area is 199 Å². The highest BCUT2D eigenvalue weighted by Crippen LogP contribution is 2.36. The minimum Gasteiger partial charge on any atom is -0.497 e. The molecule has 1 aliphatic heterocycles. The molecule has 10 nitrogen and oxygen atoms in total. The predicted octanol–water partition coefficient (Wildman–Crippen LogP) is 2.66. The number of methoxy groups -OCH3 is 2. The number of nitrogens with zero attached hydrogens (tertiary/aromatic N) is 4. The number of benzene rings is 1. The maximum Gasteiger partial charge on any atom is 0.225 e. The van der Waals surface area contributed by atoms with Crippen molar-refractivity contribution in [3.05, 3.63) is 36.7 Å². The Balaban J connectivity index is 1.37. The summed E-state index contributed by atoms with van der Waals surface area (Å²) < 4.78 is 37.6. The van der Waals surface area contributed by atoms with Gasteiger partial charge in [-0.2, -0.15) is 10.1 Å². The second kappa shape index (κ2) is 9.03. The van der Waals surface area contributed by atoms with Crippen LogP contribution in [0.1, 0.15) is 31.7 Å². The number of sulfone groups is 1. The smallest absolute Gasteiger partial charge is 0.225 e. The van der Waals surface area contributed by atoms with Gasteiger partial charge in [-0.15, -0.1) is 0 Å². The summed E-state index contributed by atoms with van der Waals surface area (Å²) in [5.41, 5.74) is -0.0140. The highest BCUT2D eigenvalue weighted by Gasteiger charge is 2.39. The van der Waals surface area contributed by atoms with Crippen LogP contribution in [0.4, 0.5) is 11.8 Å². The maximum absolute atomic E-state index is 12.2. The van der Waals surface area contributed by atoms with Gasteiger partial charge in [-0.05, 0) is 49.9 Å². The lowest BCUT2D eigenvalue weighted by Crippen LogP contribution is -2.49. The van der Waals surface area contributed by atoms with Crippen LogP contribution < -0.4 is 15.4 Å². The zero-order chi connectivity index (χ0) is 23.8. The van der Waals surface area contributed by atoms with Crippen LogP contribution in [0.2, 0.25) is 0 Å². The van der Waals surface area contributed by atoms with Gasteiger partial charge in [-0.25, -0.2) is 13.4 Å². The van der Waals surface area contributed by atoms with E-state index in [1.807, 2.05) is 35.1 Å². The SMILES string of the molecule is COc1ccc2nc(NCC3(OC)CCCS(=O)(=O)C3)nc(NC3CC(n4cccn4)C3)c2c1. The van der Waals surface area contributed by atoms with Gasteiger partial charge in [0.15, 0.2) is 9.84 Å². The minimum atomic E-state index is -3.13. The normalized spacial score (nSPS) is 26.1. The van der Waals surface area contributed by atoms with E-state index in [1.54, 1.807) is 20.4 Å². The average molecular weight is 487 g/mol. The van der Waals surface area contributed by atoms with Crippen molar-refractivity contribution in [3.63, 3.8) is 0 Å². The van der Waals surface area contributed by atoms with Crippen LogP contribution in [0.25, 0.3) is 10.9 Å². The number of fused-ring (bicyclic) bond motifs is 1. The van der Waals surface area contributed by atoms with Crippen molar-refractivity contribution in [2.45, 2.75) is 43.4 Å². The van der Waals surface area contributed by atoms with E-state index in [4.69, 9.17) is 14.5 Å². The van der Waals surface area contributed by atoms with Crippen LogP contribution in [0.5, 0.6) is 5.75 Å². The molecule has 1 saturated heterocycles. The molecule has 2 aliphatic rings. The van der Waals surface area contributed by atoms with Crippen LogP contribution in [0, 0.1) is 0 Å². The molecule has 5 rings (SSSR count). The van der Waals surface area contributed by atoms with Gasteiger partial charge in [0.1, 0.15) is 11.6 Å². The van der Waals surface area contributed by atoms with E-state index < -0.39 is 15.4 Å². The molecule has 2 fully saturated rings. The molecule has 34 heavy (non-hydrogen) atoms. The summed E-state index contributed by atoms with van der Waals surface area (Å²) in [6.07, 6.45) is 6.94. The molecule has 1 atom stereocenters. The molecule has 3 heterocycles. The fourth-order valence-electron chi connectivity index (χ4n) is 4.81. The Morgan fingerprint density at radius 2 is 2.09 bits per heavy atom. The Hall–Kier alpha value is -2.92. The number of hydrogen-bond acceptors (Lipinski definition) is 9. The van der Waals surface area contributed by atoms with Gasteiger partial charge in [0.25, 0.3) is 0 Å². The van der Waals surface area contributed by atoms with E-state index in [0.29, 0.717) is 31.4 Å². The van der Waals surface area contributed by atoms with Crippen molar-refractivity contribution in [2.24, 2.45) is 0 Å². The van der Waals surface area contributed by atoms with Gasteiger partial charge in [-0.3, -0.25) is 4.68 Å². The highest BCUT2D eigenvalue weighted by atomic mass is 32.2. The number of anilines is 2. The lowest BCUT2D eigenvalue weighted by atomic mass is 9.87. The van der Waals surface area contributed by atoms with E-state index in [9.17, 15) is 8.42 Å². The topological polar surface area (TPSA) is 120 Å². The minimum absolute atomic E-state index is 0.00369. The van der Waals surface area contributed by atoms with Crippen LogP contribution >= 0.6 is 0 Å². The first kappa shape index (κ1) is 22.9. The maximum atomic E-state index is 12.2. The molecule has 0 radical (unpaired) electrons. The van der Waals surface area contributed by atoms with E-state index in [2.05, 4.69) is 20.7 Å². The number of ether oxygens (including phenoxy) is 2. The molecular formula is C23H30N6O4S. The fourth-order valence-corrected chi connectivity index (χ4v) is 6.70. The molecule has 0 spiro atoms. The molecule has 1 aromatic carbocycles. The van der Waals surface area contributed by atoms with E-state index in [1.165, 1.54) is 0 Å². The van der Waals surface area contributed by atoms with Crippen molar-refractivity contribution < 1.29 is 17.9 Å². The molecule has 2 N–H and O–H groups in total. The van der Waals surface area contributed by atoms with Crippen molar-refractivity contribution >= 4 is 32.5 Å². The Morgan fingerprint density at radius 1 is 1.24 bits per heavy atom. The predicted molar refractivity (Wildman–Crippen MR) is 130 cm³/mol. The number of aromatic nitrogens is 4. The summed E-state index contributed by atoms with van der Waals surface area (Å²) in [6, 6.07) is 8.27. The molecule has 3 aromatic rings. The quantitative estimate of drug-likeness (QED) is 0.495. The molecule has 1 saturated carbocycles. The number of hydrogen-bond donors (Lipinski definition) is 2. The van der Waals surface area contributed by atoms with Crippen LogP contribution in [-0.2, 0) is 14.6 Å². The third-order valence-electron chi connectivity index (χ3n) is 6.83. The molecule has 0 bridgehead atoms. The van der Waals surface area contributed by atoms with Crippen molar-refractivity contribution in [2.75, 3.05) is 42.9 Å². The zero-order valence-corrected chi connectivity index (χ0v) is 20.2. The number of nitrogens with one attached hydrogen (secondary N) is 2. The Kier molecular flexibility index (Phi) is 6.07. The second-order valence-corrected chi connectivity index (χ2v) is 11.4. The summed E-state index contributed by atoms with van der Waals surface area (Å²) in [7, 11) is 0.0660. The Bertz CT molecular complexity index is 1260. The first-order valence-corrected chi connectivity index (χ1v) is 13.3. The monoisotopic (exact) mass is 486 g/mol. The van der Waals surface area contributed by atoms with Crippen molar-refractivity contribution in [1.29, 1.82) is 0 Å². The lowest BCUT2D eigenvalue weighted by molar-refractivity contribution is 0.00976. The summed E-state index contributed by atoms with van der Waals surface area (Å²) in [6.45, 7) is 0.314. The first-order valence-electron chi connectivity index (χ1n) is 11.5. The molecule has 2 aromatic heterocycles. The van der Waals surface area contributed by atoms with Gasteiger partial charge < -0.3 is 20.1 Å². The van der Waals surface area contributed by atoms with Crippen molar-refractivity contribution in [1.82, 2.24) is 19.7 Å². The van der Waals surface area contributed by atoms with E-state index in [0.717, 1.165) is 35.3 Å². The molecule has 1 unspecified atom stereocenters. The molecule has 11 heteroatoms. The standard InChI is InChI=1S/C23H30N6O4S/c1-32-18-5-6-20-19(13-18)21(26-16-11-17(12-16)29-9-4-8-25-29)28-22(27-20)24-14-23(33-2)7-3-10-34(30,31)15-23/h4-6,8-9,13,16-17H,3,7,10-12,14-15H2,1-2H3,(H2,24,26,27,28). The lowest BCUT2D eigenvalue weighted by Gasteiger charge is -2.36. The Morgan fingerprint density at radius 3 is 2.79 bits per heavy atom. The summed E-state index contributed by atoms with van der Waals surface area (Å²) in [5.74, 6) is 2.09. The summed E-state index contributed by atoms with van der Waals surface area (Å²) in [5, 5.41) is 12.0. The largest absolute Gasteiger partial charge is 0.497 e. The van der Waals surface area contributed by atoms with Gasteiger partial charge >= 0.3 is 0 Å². The third-order valence-corrected chi connectivity index (χ3v) is 8.70. The number of rotatable bonds is 8. The van der Waals surface area contributed by atoms with Crippen LogP contribution in [0.15, 0.2) is 36.7 Å². The second-order valence-electron chi connectivity index (χ2n) is 9.17. The average Bonchev–Trinajstić information content (AvgIpc) is 3.33. The molecular weight excluding hydrogens is 456 g/mol. The van der Waals surface area contributed by atoms with Crippen LogP contribution in [0.3, 0.4) is 0 Å². The van der Waals surface area contributed by atoms with E-state index in [-0.39, 0.29) is 17.5 Å². The first-order chi connectivity index (χ1) is 16.4. The summed E-state index contributed by atoms with van der Waals surface area (Å²) in [4.78, 5) is 9.42. The fraction of sp³-hybridized carbons (Fsp3) is 0.522. The third kappa shape index (κ3) is 4.67. The zero-order valence-electron chi connectivity index (χ0n) is 19.4. The van der Waals surface area contributed by atoms with Gasteiger partial charge in [0.05, 0.1) is 35.8 Å². The van der Waals surface area contributed by atoms with Gasteiger partial charge in [0.2, 0.25) is 5.95 Å². The summed E-state index contributed by atoms with van der Waals surface area (Å²) >= 11 is 0. The molecule has 0 amide bonds. The van der Waals surface area contributed by atoms with E-state index >= 15 is 0 Å². The highest BCUT2D eigenvalue weighted by molar-refractivity contribution is 7.91. The van der Waals surface area contributed by atoms with Crippen LogP contribution in [-0.4, -0.2) is 72.1 Å². The molecule has 1 aliphatic carbocycles. The molecule has 182 valence electrons. The van der Waals surface area contributed by atoms with Gasteiger partial charge in [0, 0.05) is 37.5 Å². The van der Waals surface area contributed by atoms with Gasteiger partial charge in [-0.1, -0.05) is 0 Å².